The summed E-state index contributed by atoms with van der Waals surface area (Å²) >= 11 is 0. The van der Waals surface area contributed by atoms with E-state index in [9.17, 15) is 0 Å². The van der Waals surface area contributed by atoms with Gasteiger partial charge in [-0.25, -0.2) is 0 Å². The van der Waals surface area contributed by atoms with E-state index >= 15 is 0 Å². The molecule has 0 spiro atoms. The molecule has 0 radical (unpaired) electrons. The zero-order valence-electron chi connectivity index (χ0n) is 15.6. The van der Waals surface area contributed by atoms with E-state index in [-0.39, 0.29) is 64.1 Å². The molecule has 0 saturated heterocycles. The lowest BCUT2D eigenvalue weighted by Gasteiger charge is -2.00. The summed E-state index contributed by atoms with van der Waals surface area (Å²) in [5.41, 5.74) is 0.0476. The van der Waals surface area contributed by atoms with Crippen LogP contribution >= 0.6 is 0 Å². The number of fused-ring (bicyclic) bond motifs is 3. The lowest BCUT2D eigenvalue weighted by Crippen LogP contribution is -1.80. The van der Waals surface area contributed by atoms with Crippen LogP contribution in [0.25, 0.3) is 11.1 Å². The maximum absolute atomic E-state index is 8.30. The molecular weight excluding hydrogens is 168 g/mol. The molecule has 0 heteroatoms. The Bertz CT molecular complexity index is 838. The highest BCUT2D eigenvalue weighted by molar-refractivity contribution is 5.76. The van der Waals surface area contributed by atoms with Crippen molar-refractivity contribution in [2.75, 3.05) is 0 Å². The van der Waals surface area contributed by atoms with Crippen molar-refractivity contribution in [3.63, 3.8) is 0 Å². The van der Waals surface area contributed by atoms with E-state index in [1.165, 1.54) is 6.92 Å². The van der Waals surface area contributed by atoms with Crippen LogP contribution < -0.4 is 0 Å². The quantitative estimate of drug-likeness (QED) is 0.593. The van der Waals surface area contributed by atoms with E-state index in [1.54, 1.807) is 0 Å². The Morgan fingerprint density at radius 3 is 2.93 bits per heavy atom. The van der Waals surface area contributed by atoms with Crippen molar-refractivity contribution in [3.8, 4) is 11.1 Å². The smallest absolute Gasteiger partial charge is 0.0619 e. The summed E-state index contributed by atoms with van der Waals surface area (Å²) in [7, 11) is 0. The van der Waals surface area contributed by atoms with Crippen LogP contribution in [0, 0.1) is 6.92 Å². The van der Waals surface area contributed by atoms with Crippen LogP contribution in [0.15, 0.2) is 42.3 Å². The first kappa shape index (κ1) is 3.23. The molecule has 0 bridgehead atoms. The molecule has 0 fully saturated rings. The van der Waals surface area contributed by atoms with E-state index in [2.05, 4.69) is 0 Å². The summed E-state index contributed by atoms with van der Waals surface area (Å²) in [5.74, 6) is 0. The number of rotatable bonds is 0. The minimum atomic E-state index is -2.18. The van der Waals surface area contributed by atoms with Crippen molar-refractivity contribution in [2.45, 2.75) is 13.3 Å². The number of benzene rings is 2. The summed E-state index contributed by atoms with van der Waals surface area (Å²) in [6.07, 6.45) is -2.18. The zero-order valence-corrected chi connectivity index (χ0v) is 7.58. The van der Waals surface area contributed by atoms with Gasteiger partial charge in [-0.05, 0) is 35.6 Å². The van der Waals surface area contributed by atoms with E-state index in [1.807, 2.05) is 0 Å². The second-order valence-electron chi connectivity index (χ2n) is 3.18. The van der Waals surface area contributed by atoms with Gasteiger partial charge in [-0.2, -0.15) is 0 Å². The molecule has 0 aliphatic heterocycles. The molecule has 0 heterocycles. The summed E-state index contributed by atoms with van der Waals surface area (Å²) in [6.45, 7) is 1.49. The van der Waals surface area contributed by atoms with E-state index in [4.69, 9.17) is 11.0 Å². The van der Waals surface area contributed by atoms with Gasteiger partial charge in [-0.1, -0.05) is 47.9 Å². The minimum absolute atomic E-state index is 0.00417. The lowest BCUT2D eigenvalue weighted by atomic mass is 10.0. The van der Waals surface area contributed by atoms with Gasteiger partial charge in [0.2, 0.25) is 0 Å². The number of hydrogen-bond acceptors (Lipinski definition) is 0. The largest absolute Gasteiger partial charge is 0.0629 e. The molecule has 0 unspecified atom stereocenters. The first-order valence-corrected chi connectivity index (χ1v) is 4.33. The molecule has 0 saturated carbocycles. The first-order chi connectivity index (χ1) is 10.1. The normalized spacial score (nSPS) is 24.1. The molecule has 1 aliphatic rings. The van der Waals surface area contributed by atoms with Crippen LogP contribution in [0.1, 0.15) is 27.7 Å². The Labute approximate surface area is 95.5 Å². The van der Waals surface area contributed by atoms with Crippen LogP contribution in [-0.2, 0) is 6.37 Å². The van der Waals surface area contributed by atoms with Crippen molar-refractivity contribution < 1.29 is 11.0 Å². The first-order valence-electron chi connectivity index (χ1n) is 8.33. The fourth-order valence-electron chi connectivity index (χ4n) is 1.54. The minimum Gasteiger partial charge on any atom is -0.0619 e. The van der Waals surface area contributed by atoms with Crippen molar-refractivity contribution in [1.29, 1.82) is 0 Å². The van der Waals surface area contributed by atoms with Crippen molar-refractivity contribution >= 4 is 0 Å². The molecule has 0 atom stereocenters. The highest BCUT2D eigenvalue weighted by Gasteiger charge is 2.16. The lowest BCUT2D eigenvalue weighted by molar-refractivity contribution is 1.25. The van der Waals surface area contributed by atoms with E-state index in [0.717, 1.165) is 6.07 Å². The summed E-state index contributed by atoms with van der Waals surface area (Å²) in [6, 6.07) is -0.247. The predicted octanol–water partition coefficient (Wildman–Crippen LogP) is 3.57. The molecule has 14 heavy (non-hydrogen) atoms. The maximum atomic E-state index is 8.30. The molecule has 2 aromatic rings. The molecule has 0 N–H and O–H groups in total. The fraction of sp³-hybridized carbons (Fsp3) is 0.143. The van der Waals surface area contributed by atoms with Gasteiger partial charge in [0, 0.05) is 2.74 Å². The summed E-state index contributed by atoms with van der Waals surface area (Å²) in [4.78, 5) is 0. The number of hydrogen-bond donors (Lipinski definition) is 0. The van der Waals surface area contributed by atoms with E-state index < -0.39 is 6.37 Å². The van der Waals surface area contributed by atoms with Gasteiger partial charge in [0.25, 0.3) is 0 Å². The standard InChI is InChI=1S/C14H12/c1-10-6-7-14-12(8-10)9-11-4-2-3-5-13(11)14/h2-8H,9H2,1H3/i3D,4D,5D,6D,7D,8D,9D2. The van der Waals surface area contributed by atoms with Crippen LogP contribution in [0.4, 0.5) is 0 Å². The van der Waals surface area contributed by atoms with Gasteiger partial charge in [-0.3, -0.25) is 0 Å². The van der Waals surface area contributed by atoms with Gasteiger partial charge in [0.05, 0.1) is 8.22 Å². The Kier molecular flexibility index (Phi) is 0.626. The van der Waals surface area contributed by atoms with Gasteiger partial charge < -0.3 is 0 Å². The fourth-order valence-corrected chi connectivity index (χ4v) is 1.54. The molecule has 0 nitrogen and oxygen atoms in total. The second-order valence-corrected chi connectivity index (χ2v) is 3.18. The molecule has 3 rings (SSSR count). The second kappa shape index (κ2) is 2.71. The zero-order chi connectivity index (χ0) is 16.6. The third kappa shape index (κ3) is 1.00. The van der Waals surface area contributed by atoms with E-state index in [0.29, 0.717) is 0 Å². The Morgan fingerprint density at radius 1 is 1.14 bits per heavy atom. The molecule has 0 amide bonds. The molecule has 68 valence electrons. The van der Waals surface area contributed by atoms with Crippen LogP contribution in [0.5, 0.6) is 0 Å². The van der Waals surface area contributed by atoms with Crippen LogP contribution in [0.3, 0.4) is 0 Å². The third-order valence-electron chi connectivity index (χ3n) is 2.17. The topological polar surface area (TPSA) is 0 Å². The highest BCUT2D eigenvalue weighted by Crippen LogP contribution is 2.36. The summed E-state index contributed by atoms with van der Waals surface area (Å²) in [5, 5.41) is 0. The van der Waals surface area contributed by atoms with Crippen molar-refractivity contribution in [3.05, 3.63) is 59.0 Å². The molecule has 1 aliphatic carbocycles. The van der Waals surface area contributed by atoms with Gasteiger partial charge in [-0.15, -0.1) is 0 Å². The monoisotopic (exact) mass is 188 g/mol. The maximum Gasteiger partial charge on any atom is 0.0629 e. The molecule has 2 aromatic carbocycles. The van der Waals surface area contributed by atoms with Crippen LogP contribution in [-0.4, -0.2) is 0 Å². The Balaban J connectivity index is 2.61. The molecular formula is C14H12. The van der Waals surface area contributed by atoms with Gasteiger partial charge >= 0.3 is 0 Å². The van der Waals surface area contributed by atoms with Gasteiger partial charge in [0.15, 0.2) is 0 Å². The third-order valence-corrected chi connectivity index (χ3v) is 2.17. The average molecular weight is 188 g/mol. The highest BCUT2D eigenvalue weighted by atomic mass is 14.2. The SMILES string of the molecule is [2H]c1cc([2H])c2c(c1[2H])-c1c([2H])c([2H])c(C)c([2H])c1C2([2H])[2H]. The predicted molar refractivity (Wildman–Crippen MR) is 59.4 cm³/mol. The van der Waals surface area contributed by atoms with Crippen molar-refractivity contribution in [2.24, 2.45) is 0 Å². The van der Waals surface area contributed by atoms with Gasteiger partial charge in [0.1, 0.15) is 0 Å². The summed E-state index contributed by atoms with van der Waals surface area (Å²) < 4.78 is 64.5. The molecule has 0 aromatic heterocycles. The Morgan fingerprint density at radius 2 is 2.00 bits per heavy atom. The van der Waals surface area contributed by atoms with Crippen molar-refractivity contribution in [1.82, 2.24) is 0 Å². The average Bonchev–Trinajstić information content (AvgIpc) is 2.68. The Hall–Kier alpha value is -1.56. The van der Waals surface area contributed by atoms with Crippen LogP contribution in [0.2, 0.25) is 0 Å².